The molecular formula is C73H142O17P2. The molecule has 0 saturated heterocycles. The number of rotatable bonds is 70. The van der Waals surface area contributed by atoms with E-state index in [-0.39, 0.29) is 25.7 Å². The van der Waals surface area contributed by atoms with Gasteiger partial charge in [-0.1, -0.05) is 312 Å². The molecule has 3 unspecified atom stereocenters. The third kappa shape index (κ3) is 66.7. The molecule has 0 radical (unpaired) electrons. The SMILES string of the molecule is CC(C)CCCCCCCCCCCCCCCCC(=O)O[C@H](COC(=O)CCCCCCCCCC(C)C)COP(=O)(O)OCC(O)COP(=O)(O)OC[C@@H](COC(=O)CCCCCCCCCCCCCC(C)C)OC(=O)CCCCCCCCCCC(C)C. The topological polar surface area (TPSA) is 237 Å². The molecule has 0 aromatic carbocycles. The number of hydrogen-bond acceptors (Lipinski definition) is 15. The minimum atomic E-state index is -4.95. The van der Waals surface area contributed by atoms with E-state index in [9.17, 15) is 43.2 Å². The van der Waals surface area contributed by atoms with Gasteiger partial charge in [0, 0.05) is 25.7 Å². The quantitative estimate of drug-likeness (QED) is 0.0222. The van der Waals surface area contributed by atoms with Gasteiger partial charge in [-0.15, -0.1) is 0 Å². The summed E-state index contributed by atoms with van der Waals surface area (Å²) in [6.07, 6.45) is 45.9. The van der Waals surface area contributed by atoms with Crippen LogP contribution < -0.4 is 0 Å². The van der Waals surface area contributed by atoms with Crippen molar-refractivity contribution in [2.75, 3.05) is 39.6 Å². The largest absolute Gasteiger partial charge is 0.472 e. The number of hydrogen-bond donors (Lipinski definition) is 3. The van der Waals surface area contributed by atoms with Crippen molar-refractivity contribution in [1.82, 2.24) is 0 Å². The fourth-order valence-corrected chi connectivity index (χ4v) is 12.6. The van der Waals surface area contributed by atoms with Gasteiger partial charge >= 0.3 is 39.5 Å². The summed E-state index contributed by atoms with van der Waals surface area (Å²) in [4.78, 5) is 72.7. The molecule has 5 atom stereocenters. The first-order valence-electron chi connectivity index (χ1n) is 37.7. The fraction of sp³-hybridized carbons (Fsp3) is 0.945. The van der Waals surface area contributed by atoms with E-state index in [2.05, 4.69) is 55.4 Å². The van der Waals surface area contributed by atoms with Crippen LogP contribution in [0.2, 0.25) is 0 Å². The van der Waals surface area contributed by atoms with Crippen LogP contribution in [-0.4, -0.2) is 96.7 Å². The van der Waals surface area contributed by atoms with Gasteiger partial charge in [0.05, 0.1) is 26.4 Å². The van der Waals surface area contributed by atoms with Gasteiger partial charge < -0.3 is 33.8 Å². The van der Waals surface area contributed by atoms with E-state index < -0.39 is 97.5 Å². The van der Waals surface area contributed by atoms with Crippen molar-refractivity contribution in [2.24, 2.45) is 23.7 Å². The molecule has 0 fully saturated rings. The zero-order valence-corrected chi connectivity index (χ0v) is 62.0. The molecule has 0 aromatic rings. The van der Waals surface area contributed by atoms with Crippen LogP contribution in [0, 0.1) is 23.7 Å². The molecule has 0 aliphatic heterocycles. The minimum Gasteiger partial charge on any atom is -0.462 e. The number of aliphatic hydroxyl groups is 1. The van der Waals surface area contributed by atoms with Crippen molar-refractivity contribution < 1.29 is 80.2 Å². The highest BCUT2D eigenvalue weighted by Gasteiger charge is 2.30. The predicted octanol–water partition coefficient (Wildman–Crippen LogP) is 20.9. The summed E-state index contributed by atoms with van der Waals surface area (Å²) in [5.41, 5.74) is 0. The molecule has 92 heavy (non-hydrogen) atoms. The number of aliphatic hydroxyl groups excluding tert-OH is 1. The summed E-state index contributed by atoms with van der Waals surface area (Å²) < 4.78 is 68.4. The predicted molar refractivity (Wildman–Crippen MR) is 372 cm³/mol. The molecule has 0 bridgehead atoms. The van der Waals surface area contributed by atoms with Crippen molar-refractivity contribution in [3.05, 3.63) is 0 Å². The first-order chi connectivity index (χ1) is 44.1. The molecule has 0 aliphatic rings. The normalized spacial score (nSPS) is 14.2. The molecule has 0 amide bonds. The standard InChI is InChI=1S/C73H142O17P2/c1-63(2)49-41-33-25-18-14-11-9-10-12-16-21-30-39-47-55-72(77)89-69(60-84-71(76)54-46-38-32-24-28-36-44-52-66(7)8)62-88-92(81,82)86-58-67(74)57-85-91(79,80)87-61-68(90-73(78)56-48-40-31-23-22-27-35-43-51-65(5)6)59-83-70(75)53-45-37-29-20-17-13-15-19-26-34-42-50-64(3)4/h63-69,74H,9-62H2,1-8H3,(H,79,80)(H,81,82)/t67?,68-,69-/m1/s1. The van der Waals surface area contributed by atoms with Gasteiger partial charge in [0.2, 0.25) is 0 Å². The van der Waals surface area contributed by atoms with Crippen molar-refractivity contribution >= 4 is 39.5 Å². The third-order valence-electron chi connectivity index (χ3n) is 16.8. The number of carbonyl (C=O) groups is 4. The van der Waals surface area contributed by atoms with Crippen LogP contribution in [0.1, 0.15) is 364 Å². The lowest BCUT2D eigenvalue weighted by atomic mass is 10.0. The Morgan fingerprint density at radius 1 is 0.272 bits per heavy atom. The Labute approximate surface area is 562 Å². The molecule has 0 rings (SSSR count). The Morgan fingerprint density at radius 3 is 0.674 bits per heavy atom. The highest BCUT2D eigenvalue weighted by atomic mass is 31.2. The zero-order chi connectivity index (χ0) is 68.2. The van der Waals surface area contributed by atoms with Crippen molar-refractivity contribution in [3.8, 4) is 0 Å². The second-order valence-electron chi connectivity index (χ2n) is 28.2. The Kier molecular flexibility index (Phi) is 61.3. The van der Waals surface area contributed by atoms with Gasteiger partial charge in [0.1, 0.15) is 19.3 Å². The summed E-state index contributed by atoms with van der Waals surface area (Å²) in [5, 5.41) is 10.6. The van der Waals surface area contributed by atoms with Gasteiger partial charge in [-0.2, -0.15) is 0 Å². The van der Waals surface area contributed by atoms with E-state index in [1.165, 1.54) is 161 Å². The summed E-state index contributed by atoms with van der Waals surface area (Å²) in [6.45, 7) is 14.1. The molecule has 0 aliphatic carbocycles. The minimum absolute atomic E-state index is 0.104. The monoisotopic (exact) mass is 1350 g/mol. The molecule has 3 N–H and O–H groups in total. The van der Waals surface area contributed by atoms with Crippen LogP contribution in [0.3, 0.4) is 0 Å². The molecule has 0 aromatic heterocycles. The van der Waals surface area contributed by atoms with Crippen LogP contribution in [-0.2, 0) is 65.4 Å². The first kappa shape index (κ1) is 90.1. The maximum absolute atomic E-state index is 13.0. The van der Waals surface area contributed by atoms with E-state index in [4.69, 9.17) is 37.0 Å². The molecule has 0 saturated carbocycles. The highest BCUT2D eigenvalue weighted by Crippen LogP contribution is 2.45. The first-order valence-corrected chi connectivity index (χ1v) is 40.7. The summed E-state index contributed by atoms with van der Waals surface area (Å²) in [6, 6.07) is 0. The number of ether oxygens (including phenoxy) is 4. The number of phosphoric acid groups is 2. The van der Waals surface area contributed by atoms with Crippen LogP contribution >= 0.6 is 15.6 Å². The molecule has 0 spiro atoms. The van der Waals surface area contributed by atoms with E-state index >= 15 is 0 Å². The number of carbonyl (C=O) groups excluding carboxylic acids is 4. The van der Waals surface area contributed by atoms with Crippen molar-refractivity contribution in [3.63, 3.8) is 0 Å². The second kappa shape index (κ2) is 62.6. The molecule has 19 heteroatoms. The molecule has 0 heterocycles. The Morgan fingerprint density at radius 2 is 0.457 bits per heavy atom. The molecule has 17 nitrogen and oxygen atoms in total. The van der Waals surface area contributed by atoms with Gasteiger partial charge in [0.25, 0.3) is 0 Å². The third-order valence-corrected chi connectivity index (χ3v) is 18.7. The van der Waals surface area contributed by atoms with E-state index in [0.717, 1.165) is 114 Å². The van der Waals surface area contributed by atoms with E-state index in [0.29, 0.717) is 31.6 Å². The lowest BCUT2D eigenvalue weighted by Gasteiger charge is -2.21. The average Bonchev–Trinajstić information content (AvgIpc) is 2.49. The lowest BCUT2D eigenvalue weighted by Crippen LogP contribution is -2.30. The summed E-state index contributed by atoms with van der Waals surface area (Å²) >= 11 is 0. The van der Waals surface area contributed by atoms with Gasteiger partial charge in [-0.05, 0) is 49.4 Å². The average molecular weight is 1350 g/mol. The second-order valence-corrected chi connectivity index (χ2v) is 31.1. The van der Waals surface area contributed by atoms with E-state index in [1.807, 2.05) is 0 Å². The van der Waals surface area contributed by atoms with Gasteiger partial charge in [-0.3, -0.25) is 37.3 Å². The Hall–Kier alpha value is -1.94. The summed E-state index contributed by atoms with van der Waals surface area (Å²) in [7, 11) is -9.91. The molecule has 546 valence electrons. The van der Waals surface area contributed by atoms with Crippen LogP contribution in [0.4, 0.5) is 0 Å². The summed E-state index contributed by atoms with van der Waals surface area (Å²) in [5.74, 6) is 0.863. The zero-order valence-electron chi connectivity index (χ0n) is 60.2. The number of esters is 4. The smallest absolute Gasteiger partial charge is 0.462 e. The fourth-order valence-electron chi connectivity index (χ4n) is 11.0. The Bertz CT molecular complexity index is 1820. The van der Waals surface area contributed by atoms with E-state index in [1.54, 1.807) is 0 Å². The van der Waals surface area contributed by atoms with Gasteiger partial charge in [-0.25, -0.2) is 9.13 Å². The van der Waals surface area contributed by atoms with Crippen molar-refractivity contribution in [1.29, 1.82) is 0 Å². The molecular weight excluding hydrogens is 1210 g/mol. The highest BCUT2D eigenvalue weighted by molar-refractivity contribution is 7.47. The maximum atomic E-state index is 13.0. The number of phosphoric ester groups is 2. The van der Waals surface area contributed by atoms with Gasteiger partial charge in [0.15, 0.2) is 12.2 Å². The van der Waals surface area contributed by atoms with Crippen LogP contribution in [0.15, 0.2) is 0 Å². The number of unbranched alkanes of at least 4 members (excludes halogenated alkanes) is 36. The lowest BCUT2D eigenvalue weighted by molar-refractivity contribution is -0.161. The Balaban J connectivity index is 5.23. The van der Waals surface area contributed by atoms with Crippen LogP contribution in [0.25, 0.3) is 0 Å². The van der Waals surface area contributed by atoms with Crippen molar-refractivity contribution in [2.45, 2.75) is 382 Å². The van der Waals surface area contributed by atoms with Crippen LogP contribution in [0.5, 0.6) is 0 Å². The maximum Gasteiger partial charge on any atom is 0.472 e.